The SMILES string of the molecule is CC[C@@H](C(=O)NC(C)(C)C)N(Cc1ccc(OC)cc1)C(=O)CN(c1cc(OC)ccc1OC)S(=O)(=O)c1ccc(C)cc1. The van der Waals surface area contributed by atoms with Crippen molar-refractivity contribution in [2.75, 3.05) is 32.2 Å². The van der Waals surface area contributed by atoms with Crippen LogP contribution < -0.4 is 23.8 Å². The van der Waals surface area contributed by atoms with Gasteiger partial charge in [-0.2, -0.15) is 0 Å². The number of carbonyl (C=O) groups is 2. The summed E-state index contributed by atoms with van der Waals surface area (Å²) in [4.78, 5) is 29.3. The maximum Gasteiger partial charge on any atom is 0.264 e. The Kier molecular flexibility index (Phi) is 11.3. The lowest BCUT2D eigenvalue weighted by Gasteiger charge is -2.35. The number of rotatable bonds is 13. The van der Waals surface area contributed by atoms with E-state index in [0.717, 1.165) is 15.4 Å². The third-order valence-corrected chi connectivity index (χ3v) is 8.71. The molecule has 11 heteroatoms. The highest BCUT2D eigenvalue weighted by atomic mass is 32.2. The Hall–Kier alpha value is -4.25. The number of nitrogens with zero attached hydrogens (tertiary/aromatic N) is 2. The number of benzene rings is 3. The molecular weight excluding hydrogens is 582 g/mol. The fraction of sp³-hybridized carbons (Fsp3) is 0.394. The molecule has 0 aromatic heterocycles. The van der Waals surface area contributed by atoms with E-state index in [9.17, 15) is 18.0 Å². The van der Waals surface area contributed by atoms with Gasteiger partial charge in [0.15, 0.2) is 0 Å². The summed E-state index contributed by atoms with van der Waals surface area (Å²) in [6.07, 6.45) is 0.303. The first-order chi connectivity index (χ1) is 20.7. The Morgan fingerprint density at radius 3 is 1.98 bits per heavy atom. The number of methoxy groups -OCH3 is 3. The van der Waals surface area contributed by atoms with E-state index in [-0.39, 0.29) is 28.8 Å². The molecule has 0 aliphatic rings. The average Bonchev–Trinajstić information content (AvgIpc) is 2.98. The van der Waals surface area contributed by atoms with Crippen molar-refractivity contribution < 1.29 is 32.2 Å². The largest absolute Gasteiger partial charge is 0.497 e. The van der Waals surface area contributed by atoms with E-state index in [2.05, 4.69) is 5.32 Å². The molecule has 0 aliphatic carbocycles. The van der Waals surface area contributed by atoms with Gasteiger partial charge in [-0.05, 0) is 76.1 Å². The summed E-state index contributed by atoms with van der Waals surface area (Å²) >= 11 is 0. The van der Waals surface area contributed by atoms with Crippen LogP contribution in [0.2, 0.25) is 0 Å². The zero-order valence-corrected chi connectivity index (χ0v) is 27.5. The molecule has 0 fully saturated rings. The van der Waals surface area contributed by atoms with Gasteiger partial charge in [-0.25, -0.2) is 8.42 Å². The number of aryl methyl sites for hydroxylation is 1. The van der Waals surface area contributed by atoms with Crippen LogP contribution in [0.1, 0.15) is 45.2 Å². The highest BCUT2D eigenvalue weighted by Crippen LogP contribution is 2.36. The Labute approximate surface area is 261 Å². The predicted octanol–water partition coefficient (Wildman–Crippen LogP) is 4.94. The third kappa shape index (κ3) is 8.43. The zero-order valence-electron chi connectivity index (χ0n) is 26.7. The minimum atomic E-state index is -4.29. The molecule has 2 amide bonds. The molecule has 1 atom stereocenters. The zero-order chi connectivity index (χ0) is 32.7. The Balaban J connectivity index is 2.15. The molecule has 0 unspecified atom stereocenters. The molecule has 3 rings (SSSR count). The van der Waals surface area contributed by atoms with Crippen molar-refractivity contribution in [3.8, 4) is 17.2 Å². The van der Waals surface area contributed by atoms with E-state index in [1.165, 1.54) is 37.3 Å². The minimum absolute atomic E-state index is 0.00000508. The summed E-state index contributed by atoms with van der Waals surface area (Å²) in [5.41, 5.74) is 1.20. The number of ether oxygens (including phenoxy) is 3. The second kappa shape index (κ2) is 14.5. The van der Waals surface area contributed by atoms with E-state index in [0.29, 0.717) is 17.9 Å². The van der Waals surface area contributed by atoms with Gasteiger partial charge in [0.05, 0.1) is 31.9 Å². The molecule has 238 valence electrons. The molecule has 0 saturated carbocycles. The van der Waals surface area contributed by atoms with Gasteiger partial charge < -0.3 is 24.4 Å². The van der Waals surface area contributed by atoms with Crippen LogP contribution >= 0.6 is 0 Å². The topological polar surface area (TPSA) is 114 Å². The van der Waals surface area contributed by atoms with E-state index in [1.807, 2.05) is 34.6 Å². The predicted molar refractivity (Wildman–Crippen MR) is 171 cm³/mol. The number of sulfonamides is 1. The van der Waals surface area contributed by atoms with Crippen LogP contribution in [0.25, 0.3) is 0 Å². The quantitative estimate of drug-likeness (QED) is 0.286. The Morgan fingerprint density at radius 1 is 0.864 bits per heavy atom. The molecule has 10 nitrogen and oxygen atoms in total. The molecule has 0 saturated heterocycles. The summed E-state index contributed by atoms with van der Waals surface area (Å²) in [5, 5.41) is 2.97. The average molecular weight is 626 g/mol. The van der Waals surface area contributed by atoms with Crippen LogP contribution in [0.5, 0.6) is 17.2 Å². The van der Waals surface area contributed by atoms with Crippen molar-refractivity contribution in [1.29, 1.82) is 0 Å². The first-order valence-corrected chi connectivity index (χ1v) is 15.7. The molecule has 3 aromatic carbocycles. The van der Waals surface area contributed by atoms with Crippen molar-refractivity contribution in [1.82, 2.24) is 10.2 Å². The fourth-order valence-corrected chi connectivity index (χ4v) is 6.06. The maximum absolute atomic E-state index is 14.4. The standard InChI is InChI=1S/C33H43N3O7S/c1-9-28(32(38)34-33(3,4)5)35(21-24-12-14-25(41-6)15-13-24)31(37)22-36(29-20-26(42-7)16-19-30(29)43-8)44(39,40)27-17-10-23(2)11-18-27/h10-20,28H,9,21-22H2,1-8H3,(H,34,38)/t28-/m0/s1. The van der Waals surface area contributed by atoms with Crippen LogP contribution in [0, 0.1) is 6.92 Å². The van der Waals surface area contributed by atoms with Gasteiger partial charge in [-0.3, -0.25) is 13.9 Å². The second-order valence-electron chi connectivity index (χ2n) is 11.4. The number of carbonyl (C=O) groups excluding carboxylic acids is 2. The van der Waals surface area contributed by atoms with Crippen LogP contribution in [0.15, 0.2) is 71.6 Å². The molecule has 1 N–H and O–H groups in total. The Bertz CT molecular complexity index is 1530. The van der Waals surface area contributed by atoms with Gasteiger partial charge in [-0.1, -0.05) is 36.8 Å². The van der Waals surface area contributed by atoms with E-state index < -0.39 is 34.1 Å². The fourth-order valence-electron chi connectivity index (χ4n) is 4.64. The normalized spacial score (nSPS) is 12.2. The lowest BCUT2D eigenvalue weighted by molar-refractivity contribution is -0.141. The third-order valence-electron chi connectivity index (χ3n) is 6.94. The molecule has 0 spiro atoms. The van der Waals surface area contributed by atoms with E-state index >= 15 is 0 Å². The maximum atomic E-state index is 14.4. The van der Waals surface area contributed by atoms with Crippen LogP contribution in [0.3, 0.4) is 0 Å². The summed E-state index contributed by atoms with van der Waals surface area (Å²) < 4.78 is 45.7. The van der Waals surface area contributed by atoms with Crippen molar-refractivity contribution in [2.45, 2.75) is 64.1 Å². The molecule has 44 heavy (non-hydrogen) atoms. The number of amides is 2. The molecule has 0 bridgehead atoms. The smallest absolute Gasteiger partial charge is 0.264 e. The first-order valence-electron chi connectivity index (χ1n) is 14.3. The summed E-state index contributed by atoms with van der Waals surface area (Å²) in [7, 11) is 0.158. The van der Waals surface area contributed by atoms with Crippen molar-refractivity contribution in [3.05, 3.63) is 77.9 Å². The first kappa shape index (κ1) is 34.2. The van der Waals surface area contributed by atoms with E-state index in [1.54, 1.807) is 55.6 Å². The van der Waals surface area contributed by atoms with Gasteiger partial charge in [0, 0.05) is 18.2 Å². The summed E-state index contributed by atoms with van der Waals surface area (Å²) in [6.45, 7) is 8.71. The van der Waals surface area contributed by atoms with Crippen molar-refractivity contribution >= 4 is 27.5 Å². The lowest BCUT2D eigenvalue weighted by atomic mass is 10.1. The molecule has 3 aromatic rings. The van der Waals surface area contributed by atoms with Crippen LogP contribution in [0.4, 0.5) is 5.69 Å². The second-order valence-corrected chi connectivity index (χ2v) is 13.3. The highest BCUT2D eigenvalue weighted by molar-refractivity contribution is 7.92. The molecule has 0 radical (unpaired) electrons. The number of nitrogens with one attached hydrogen (secondary N) is 1. The monoisotopic (exact) mass is 625 g/mol. The minimum Gasteiger partial charge on any atom is -0.497 e. The van der Waals surface area contributed by atoms with Crippen LogP contribution in [-0.4, -0.2) is 64.6 Å². The molecular formula is C33H43N3O7S. The highest BCUT2D eigenvalue weighted by Gasteiger charge is 2.35. The van der Waals surface area contributed by atoms with Crippen molar-refractivity contribution in [3.63, 3.8) is 0 Å². The molecule has 0 aliphatic heterocycles. The number of hydrogen-bond acceptors (Lipinski definition) is 7. The van der Waals surface area contributed by atoms with Crippen molar-refractivity contribution in [2.24, 2.45) is 0 Å². The van der Waals surface area contributed by atoms with Gasteiger partial charge >= 0.3 is 0 Å². The van der Waals surface area contributed by atoms with Gasteiger partial charge in [0.25, 0.3) is 10.0 Å². The number of hydrogen-bond donors (Lipinski definition) is 1. The van der Waals surface area contributed by atoms with Gasteiger partial charge in [0.1, 0.15) is 29.8 Å². The summed E-state index contributed by atoms with van der Waals surface area (Å²) in [6, 6.07) is 17.4. The summed E-state index contributed by atoms with van der Waals surface area (Å²) in [5.74, 6) is 0.340. The van der Waals surface area contributed by atoms with E-state index in [4.69, 9.17) is 14.2 Å². The van der Waals surface area contributed by atoms with Gasteiger partial charge in [0.2, 0.25) is 11.8 Å². The van der Waals surface area contributed by atoms with Gasteiger partial charge in [-0.15, -0.1) is 0 Å². The van der Waals surface area contributed by atoms with Crippen LogP contribution in [-0.2, 0) is 26.2 Å². The molecule has 0 heterocycles. The lowest BCUT2D eigenvalue weighted by Crippen LogP contribution is -2.55. The Morgan fingerprint density at radius 2 is 1.45 bits per heavy atom. The number of anilines is 1.